The first kappa shape index (κ1) is 11.9. The van der Waals surface area contributed by atoms with Crippen LogP contribution in [0, 0.1) is 17.8 Å². The minimum Gasteiger partial charge on any atom is -0.392 e. The molecule has 5 unspecified atom stereocenters. The van der Waals surface area contributed by atoms with Crippen molar-refractivity contribution in [2.45, 2.75) is 44.8 Å². The molecule has 2 aliphatic carbocycles. The number of hydrogen-bond donors (Lipinski definition) is 3. The lowest BCUT2D eigenvalue weighted by atomic mass is 9.88. The Labute approximate surface area is 96.6 Å². The summed E-state index contributed by atoms with van der Waals surface area (Å²) in [6.45, 7) is 2.03. The van der Waals surface area contributed by atoms with Crippen molar-refractivity contribution >= 4 is 5.91 Å². The van der Waals surface area contributed by atoms with E-state index in [-0.39, 0.29) is 17.9 Å². The maximum absolute atomic E-state index is 11.9. The van der Waals surface area contributed by atoms with Crippen LogP contribution in [0.5, 0.6) is 0 Å². The highest BCUT2D eigenvalue weighted by molar-refractivity contribution is 5.79. The number of hydrogen-bond acceptors (Lipinski definition) is 3. The van der Waals surface area contributed by atoms with E-state index < -0.39 is 6.10 Å². The third-order valence-electron chi connectivity index (χ3n) is 4.21. The third-order valence-corrected chi connectivity index (χ3v) is 4.21. The van der Waals surface area contributed by atoms with Crippen LogP contribution in [0.2, 0.25) is 0 Å². The van der Waals surface area contributed by atoms with Gasteiger partial charge in [-0.05, 0) is 38.0 Å². The molecule has 0 spiro atoms. The van der Waals surface area contributed by atoms with E-state index >= 15 is 0 Å². The van der Waals surface area contributed by atoms with Gasteiger partial charge < -0.3 is 16.2 Å². The van der Waals surface area contributed by atoms with E-state index in [1.54, 1.807) is 6.92 Å². The van der Waals surface area contributed by atoms with Gasteiger partial charge in [-0.25, -0.2) is 0 Å². The van der Waals surface area contributed by atoms with E-state index in [0.717, 1.165) is 12.3 Å². The molecule has 1 amide bonds. The highest BCUT2D eigenvalue weighted by atomic mass is 16.3. The summed E-state index contributed by atoms with van der Waals surface area (Å²) in [5, 5.41) is 12.1. The molecule has 2 aliphatic rings. The molecular formula is C12H22N2O2. The monoisotopic (exact) mass is 226 g/mol. The van der Waals surface area contributed by atoms with Crippen molar-refractivity contribution in [3.05, 3.63) is 0 Å². The van der Waals surface area contributed by atoms with Crippen molar-refractivity contribution in [2.75, 3.05) is 6.54 Å². The number of fused-ring (bicyclic) bond motifs is 2. The minimum absolute atomic E-state index is 0.142. The summed E-state index contributed by atoms with van der Waals surface area (Å²) < 4.78 is 0. The fourth-order valence-corrected chi connectivity index (χ4v) is 3.09. The second-order valence-corrected chi connectivity index (χ2v) is 5.43. The van der Waals surface area contributed by atoms with Gasteiger partial charge >= 0.3 is 0 Å². The molecule has 4 N–H and O–H groups in total. The van der Waals surface area contributed by atoms with Gasteiger partial charge in [0.2, 0.25) is 5.91 Å². The van der Waals surface area contributed by atoms with Crippen LogP contribution in [0.25, 0.3) is 0 Å². The van der Waals surface area contributed by atoms with Gasteiger partial charge in [0.15, 0.2) is 0 Å². The standard InChI is InChI=1S/C12H22N2O2/c1-7(15)11(13)6-14-12(16)10-5-8-2-3-9(10)4-8/h7-11,15H,2-6,13H2,1H3,(H,14,16). The Kier molecular flexibility index (Phi) is 3.50. The molecule has 5 atom stereocenters. The molecule has 0 aromatic rings. The van der Waals surface area contributed by atoms with Crippen molar-refractivity contribution in [2.24, 2.45) is 23.5 Å². The third kappa shape index (κ3) is 2.38. The van der Waals surface area contributed by atoms with Crippen LogP contribution in [0.3, 0.4) is 0 Å². The van der Waals surface area contributed by atoms with Gasteiger partial charge in [0.05, 0.1) is 6.10 Å². The minimum atomic E-state index is -0.569. The topological polar surface area (TPSA) is 75.3 Å². The van der Waals surface area contributed by atoms with E-state index in [1.165, 1.54) is 19.3 Å². The van der Waals surface area contributed by atoms with Crippen LogP contribution >= 0.6 is 0 Å². The second kappa shape index (κ2) is 4.72. The Morgan fingerprint density at radius 3 is 2.75 bits per heavy atom. The van der Waals surface area contributed by atoms with Gasteiger partial charge in [-0.2, -0.15) is 0 Å². The van der Waals surface area contributed by atoms with Crippen molar-refractivity contribution in [3.8, 4) is 0 Å². The second-order valence-electron chi connectivity index (χ2n) is 5.43. The summed E-state index contributed by atoms with van der Waals surface area (Å²) in [6.07, 6.45) is 4.24. The SMILES string of the molecule is CC(O)C(N)CNC(=O)C1CC2CCC1C2. The Morgan fingerprint density at radius 1 is 1.50 bits per heavy atom. The summed E-state index contributed by atoms with van der Waals surface area (Å²) in [5.74, 6) is 1.74. The Morgan fingerprint density at radius 2 is 2.25 bits per heavy atom. The Balaban J connectivity index is 1.76. The first-order valence-corrected chi connectivity index (χ1v) is 6.29. The molecule has 0 saturated heterocycles. The van der Waals surface area contributed by atoms with E-state index in [2.05, 4.69) is 5.32 Å². The summed E-state index contributed by atoms with van der Waals surface area (Å²) in [7, 11) is 0. The molecule has 16 heavy (non-hydrogen) atoms. The zero-order valence-corrected chi connectivity index (χ0v) is 9.86. The number of nitrogens with two attached hydrogens (primary N) is 1. The summed E-state index contributed by atoms with van der Waals surface area (Å²) in [4.78, 5) is 11.9. The largest absolute Gasteiger partial charge is 0.392 e. The lowest BCUT2D eigenvalue weighted by Gasteiger charge is -2.22. The number of amides is 1. The van der Waals surface area contributed by atoms with Crippen molar-refractivity contribution in [1.82, 2.24) is 5.32 Å². The lowest BCUT2D eigenvalue weighted by Crippen LogP contribution is -2.45. The summed E-state index contributed by atoms with van der Waals surface area (Å²) in [6, 6.07) is -0.359. The van der Waals surface area contributed by atoms with Gasteiger partial charge in [0, 0.05) is 18.5 Å². The van der Waals surface area contributed by atoms with Crippen LogP contribution in [0.15, 0.2) is 0 Å². The average Bonchev–Trinajstić information content (AvgIpc) is 2.86. The Bertz CT molecular complexity index is 268. The number of rotatable bonds is 4. The van der Waals surface area contributed by atoms with E-state index in [1.807, 2.05) is 0 Å². The highest BCUT2D eigenvalue weighted by Crippen LogP contribution is 2.48. The van der Waals surface area contributed by atoms with E-state index in [9.17, 15) is 9.90 Å². The molecule has 92 valence electrons. The molecule has 0 heterocycles. The fraction of sp³-hybridized carbons (Fsp3) is 0.917. The first-order valence-electron chi connectivity index (χ1n) is 6.29. The molecule has 2 fully saturated rings. The molecule has 2 saturated carbocycles. The number of aliphatic hydroxyl groups is 1. The molecule has 2 bridgehead atoms. The smallest absolute Gasteiger partial charge is 0.223 e. The molecule has 0 aromatic carbocycles. The van der Waals surface area contributed by atoms with Gasteiger partial charge in [-0.1, -0.05) is 6.42 Å². The number of carbonyl (C=O) groups is 1. The zero-order chi connectivity index (χ0) is 11.7. The number of aliphatic hydroxyl groups excluding tert-OH is 1. The zero-order valence-electron chi connectivity index (χ0n) is 9.86. The quantitative estimate of drug-likeness (QED) is 0.643. The van der Waals surface area contributed by atoms with Gasteiger partial charge in [0.1, 0.15) is 0 Å². The lowest BCUT2D eigenvalue weighted by molar-refractivity contribution is -0.126. The molecule has 0 radical (unpaired) electrons. The van der Waals surface area contributed by atoms with E-state index in [0.29, 0.717) is 12.5 Å². The van der Waals surface area contributed by atoms with Crippen LogP contribution in [-0.2, 0) is 4.79 Å². The molecule has 4 heteroatoms. The van der Waals surface area contributed by atoms with Crippen molar-refractivity contribution in [1.29, 1.82) is 0 Å². The fourth-order valence-electron chi connectivity index (χ4n) is 3.09. The van der Waals surface area contributed by atoms with Crippen LogP contribution in [-0.4, -0.2) is 29.7 Å². The van der Waals surface area contributed by atoms with Gasteiger partial charge in [-0.15, -0.1) is 0 Å². The van der Waals surface area contributed by atoms with E-state index in [4.69, 9.17) is 5.73 Å². The summed E-state index contributed by atoms with van der Waals surface area (Å²) in [5.41, 5.74) is 5.67. The predicted octanol–water partition coefficient (Wildman–Crippen LogP) is 0.247. The molecular weight excluding hydrogens is 204 g/mol. The van der Waals surface area contributed by atoms with Crippen LogP contribution in [0.1, 0.15) is 32.6 Å². The molecule has 4 nitrogen and oxygen atoms in total. The average molecular weight is 226 g/mol. The van der Waals surface area contributed by atoms with Gasteiger partial charge in [0.25, 0.3) is 0 Å². The normalized spacial score (nSPS) is 36.1. The maximum atomic E-state index is 11.9. The molecule has 0 aliphatic heterocycles. The maximum Gasteiger partial charge on any atom is 0.223 e. The van der Waals surface area contributed by atoms with Gasteiger partial charge in [-0.3, -0.25) is 4.79 Å². The highest BCUT2D eigenvalue weighted by Gasteiger charge is 2.42. The Hall–Kier alpha value is -0.610. The number of nitrogens with one attached hydrogen (secondary N) is 1. The summed E-state index contributed by atoms with van der Waals surface area (Å²) >= 11 is 0. The molecule has 2 rings (SSSR count). The predicted molar refractivity (Wildman–Crippen MR) is 61.6 cm³/mol. The van der Waals surface area contributed by atoms with Crippen LogP contribution in [0.4, 0.5) is 0 Å². The first-order chi connectivity index (χ1) is 7.58. The van der Waals surface area contributed by atoms with Crippen LogP contribution < -0.4 is 11.1 Å². The van der Waals surface area contributed by atoms with Crippen molar-refractivity contribution < 1.29 is 9.90 Å². The number of carbonyl (C=O) groups excluding carboxylic acids is 1. The van der Waals surface area contributed by atoms with Crippen molar-refractivity contribution in [3.63, 3.8) is 0 Å². The molecule has 0 aromatic heterocycles.